The molecule has 3 rings (SSSR count). The number of aromatic hydroxyl groups is 1. The minimum Gasteiger partial charge on any atom is -0.494 e. The maximum absolute atomic E-state index is 12.3. The number of esters is 1. The third kappa shape index (κ3) is 1.70. The number of carbonyl (C=O) groups is 1. The van der Waals surface area contributed by atoms with E-state index >= 15 is 0 Å². The molecule has 1 aliphatic rings. The van der Waals surface area contributed by atoms with E-state index in [1.54, 1.807) is 24.3 Å². The fourth-order valence-electron chi connectivity index (χ4n) is 2.45. The number of aromatic nitrogens is 2. The zero-order valence-corrected chi connectivity index (χ0v) is 11.4. The summed E-state index contributed by atoms with van der Waals surface area (Å²) in [5.41, 5.74) is -0.631. The second-order valence-electron chi connectivity index (χ2n) is 4.82. The van der Waals surface area contributed by atoms with E-state index in [0.29, 0.717) is 11.1 Å². The first-order chi connectivity index (χ1) is 9.93. The maximum atomic E-state index is 12.3. The number of rotatable bonds is 1. The molecular formula is C14H12N2O5. The van der Waals surface area contributed by atoms with Gasteiger partial charge in [-0.15, -0.1) is 0 Å². The molecule has 0 amide bonds. The predicted octanol–water partition coefficient (Wildman–Crippen LogP) is 0.0494. The Labute approximate surface area is 118 Å². The van der Waals surface area contributed by atoms with E-state index in [0.717, 1.165) is 9.13 Å². The lowest BCUT2D eigenvalue weighted by atomic mass is 10.0. The first kappa shape index (κ1) is 13.2. The molecule has 108 valence electrons. The molecule has 0 radical (unpaired) electrons. The van der Waals surface area contributed by atoms with Crippen molar-refractivity contribution < 1.29 is 14.6 Å². The van der Waals surface area contributed by atoms with E-state index in [4.69, 9.17) is 4.74 Å². The van der Waals surface area contributed by atoms with Gasteiger partial charge >= 0.3 is 11.7 Å². The van der Waals surface area contributed by atoms with Crippen LogP contribution in [-0.4, -0.2) is 20.2 Å². The summed E-state index contributed by atoms with van der Waals surface area (Å²) in [7, 11) is 2.64. The third-order valence-corrected chi connectivity index (χ3v) is 3.62. The van der Waals surface area contributed by atoms with E-state index < -0.39 is 29.2 Å². The van der Waals surface area contributed by atoms with Crippen LogP contribution < -0.4 is 11.2 Å². The molecule has 7 heteroatoms. The molecule has 1 aliphatic heterocycles. The van der Waals surface area contributed by atoms with Crippen LogP contribution >= 0.6 is 0 Å². The van der Waals surface area contributed by atoms with Crippen molar-refractivity contribution in [1.82, 2.24) is 9.13 Å². The molecule has 21 heavy (non-hydrogen) atoms. The minimum absolute atomic E-state index is 0.127. The summed E-state index contributed by atoms with van der Waals surface area (Å²) < 4.78 is 7.00. The van der Waals surface area contributed by atoms with Crippen molar-refractivity contribution in [2.45, 2.75) is 6.10 Å². The lowest BCUT2D eigenvalue weighted by Gasteiger charge is -2.15. The Bertz CT molecular complexity index is 878. The van der Waals surface area contributed by atoms with Gasteiger partial charge in [0.25, 0.3) is 5.56 Å². The van der Waals surface area contributed by atoms with Gasteiger partial charge < -0.3 is 9.84 Å². The van der Waals surface area contributed by atoms with Gasteiger partial charge in [-0.05, 0) is 6.07 Å². The van der Waals surface area contributed by atoms with E-state index in [2.05, 4.69) is 0 Å². The molecule has 0 aliphatic carbocycles. The van der Waals surface area contributed by atoms with Gasteiger partial charge in [0.2, 0.25) is 5.88 Å². The van der Waals surface area contributed by atoms with Crippen LogP contribution in [0.5, 0.6) is 5.88 Å². The summed E-state index contributed by atoms with van der Waals surface area (Å²) in [5, 5.41) is 10.1. The van der Waals surface area contributed by atoms with Gasteiger partial charge in [-0.3, -0.25) is 13.9 Å². The summed E-state index contributed by atoms with van der Waals surface area (Å²) in [6.07, 6.45) is -1.01. The van der Waals surface area contributed by atoms with Crippen molar-refractivity contribution >= 4 is 5.97 Å². The smallest absolute Gasteiger partial charge is 0.339 e. The quantitative estimate of drug-likeness (QED) is 0.749. The Balaban J connectivity index is 2.32. The first-order valence-electron chi connectivity index (χ1n) is 6.22. The molecule has 0 saturated heterocycles. The fraction of sp³-hybridized carbons (Fsp3) is 0.214. The molecule has 1 atom stereocenters. The van der Waals surface area contributed by atoms with Gasteiger partial charge in [0, 0.05) is 19.7 Å². The highest BCUT2D eigenvalue weighted by atomic mass is 16.5. The monoisotopic (exact) mass is 288 g/mol. The molecule has 0 unspecified atom stereocenters. The molecular weight excluding hydrogens is 276 g/mol. The second kappa shape index (κ2) is 4.34. The Morgan fingerprint density at radius 2 is 1.76 bits per heavy atom. The molecule has 1 N–H and O–H groups in total. The third-order valence-electron chi connectivity index (χ3n) is 3.62. The number of nitrogens with zero attached hydrogens (tertiary/aromatic N) is 2. The van der Waals surface area contributed by atoms with E-state index in [9.17, 15) is 19.5 Å². The minimum atomic E-state index is -1.01. The summed E-state index contributed by atoms with van der Waals surface area (Å²) in [4.78, 5) is 35.8. The van der Waals surface area contributed by atoms with E-state index in [1.165, 1.54) is 14.1 Å². The second-order valence-corrected chi connectivity index (χ2v) is 4.82. The predicted molar refractivity (Wildman–Crippen MR) is 72.3 cm³/mol. The number of benzene rings is 1. The summed E-state index contributed by atoms with van der Waals surface area (Å²) in [6, 6.07) is 6.62. The Morgan fingerprint density at radius 3 is 2.48 bits per heavy atom. The van der Waals surface area contributed by atoms with Crippen molar-refractivity contribution in [3.05, 3.63) is 61.8 Å². The SMILES string of the molecule is Cn1c(O)c([C@H]2OC(=O)c3ccccc32)c(=O)n(C)c1=O. The Hall–Kier alpha value is -2.83. The summed E-state index contributed by atoms with van der Waals surface area (Å²) >= 11 is 0. The molecule has 0 spiro atoms. The van der Waals surface area contributed by atoms with Gasteiger partial charge in [-0.2, -0.15) is 0 Å². The van der Waals surface area contributed by atoms with Crippen LogP contribution in [0.3, 0.4) is 0 Å². The number of ether oxygens (including phenoxy) is 1. The number of cyclic esters (lactones) is 1. The van der Waals surface area contributed by atoms with Crippen LogP contribution in [0.4, 0.5) is 0 Å². The van der Waals surface area contributed by atoms with Gasteiger partial charge in [-0.25, -0.2) is 9.59 Å². The summed E-state index contributed by atoms with van der Waals surface area (Å²) in [6.45, 7) is 0. The van der Waals surface area contributed by atoms with Crippen molar-refractivity contribution in [1.29, 1.82) is 0 Å². The lowest BCUT2D eigenvalue weighted by molar-refractivity contribution is 0.0448. The van der Waals surface area contributed by atoms with Crippen LogP contribution in [-0.2, 0) is 18.8 Å². The molecule has 1 aromatic carbocycles. The average Bonchev–Trinajstić information content (AvgIpc) is 2.81. The highest BCUT2D eigenvalue weighted by Gasteiger charge is 2.36. The van der Waals surface area contributed by atoms with Crippen molar-refractivity contribution in [2.24, 2.45) is 14.1 Å². The zero-order chi connectivity index (χ0) is 15.3. The molecule has 2 heterocycles. The first-order valence-corrected chi connectivity index (χ1v) is 6.22. The van der Waals surface area contributed by atoms with Crippen molar-refractivity contribution in [2.75, 3.05) is 0 Å². The van der Waals surface area contributed by atoms with Crippen LogP contribution in [0, 0.1) is 0 Å². The molecule has 0 saturated carbocycles. The van der Waals surface area contributed by atoms with Gasteiger partial charge in [0.05, 0.1) is 5.56 Å². The van der Waals surface area contributed by atoms with Crippen molar-refractivity contribution in [3.63, 3.8) is 0 Å². The largest absolute Gasteiger partial charge is 0.494 e. The lowest BCUT2D eigenvalue weighted by Crippen LogP contribution is -2.39. The molecule has 2 aromatic rings. The average molecular weight is 288 g/mol. The van der Waals surface area contributed by atoms with Gasteiger partial charge in [0.15, 0.2) is 6.10 Å². The van der Waals surface area contributed by atoms with Crippen LogP contribution in [0.15, 0.2) is 33.9 Å². The van der Waals surface area contributed by atoms with Gasteiger partial charge in [-0.1, -0.05) is 18.2 Å². The summed E-state index contributed by atoms with van der Waals surface area (Å²) in [5.74, 6) is -1.07. The Kier molecular flexibility index (Phi) is 2.72. The van der Waals surface area contributed by atoms with Crippen LogP contribution in [0.1, 0.15) is 27.6 Å². The zero-order valence-electron chi connectivity index (χ0n) is 11.4. The Morgan fingerprint density at radius 1 is 1.10 bits per heavy atom. The standard InChI is InChI=1S/C14H12N2O5/c1-15-11(17)9(12(18)16(2)14(15)20)10-7-5-3-4-6-8(7)13(19)21-10/h3-6,10,17H,1-2H3/t10-/m0/s1. The molecule has 0 fully saturated rings. The normalized spacial score (nSPS) is 16.7. The number of hydrogen-bond donors (Lipinski definition) is 1. The highest BCUT2D eigenvalue weighted by Crippen LogP contribution is 2.36. The maximum Gasteiger partial charge on any atom is 0.339 e. The highest BCUT2D eigenvalue weighted by molar-refractivity contribution is 5.94. The van der Waals surface area contributed by atoms with Crippen molar-refractivity contribution in [3.8, 4) is 5.88 Å². The van der Waals surface area contributed by atoms with Crippen LogP contribution in [0.2, 0.25) is 0 Å². The van der Waals surface area contributed by atoms with Gasteiger partial charge in [0.1, 0.15) is 5.56 Å². The molecule has 7 nitrogen and oxygen atoms in total. The number of hydrogen-bond acceptors (Lipinski definition) is 5. The topological polar surface area (TPSA) is 90.5 Å². The number of carbonyl (C=O) groups excluding carboxylic acids is 1. The van der Waals surface area contributed by atoms with E-state index in [1.807, 2.05) is 0 Å². The van der Waals surface area contributed by atoms with E-state index in [-0.39, 0.29) is 5.56 Å². The molecule has 1 aromatic heterocycles. The van der Waals surface area contributed by atoms with Crippen LogP contribution in [0.25, 0.3) is 0 Å². The molecule has 0 bridgehead atoms. The fourth-order valence-corrected chi connectivity index (χ4v) is 2.45. The number of fused-ring (bicyclic) bond motifs is 1.